The molecule has 0 radical (unpaired) electrons. The first-order chi connectivity index (χ1) is 19.7. The van der Waals surface area contributed by atoms with E-state index in [0.29, 0.717) is 11.1 Å². The number of nitrogens with zero attached hydrogens (tertiary/aromatic N) is 2. The van der Waals surface area contributed by atoms with Gasteiger partial charge < -0.3 is 0 Å². The first kappa shape index (κ1) is 31.4. The number of rotatable bonds is 4. The van der Waals surface area contributed by atoms with Crippen LogP contribution in [0.3, 0.4) is 0 Å². The third-order valence-electron chi connectivity index (χ3n) is 7.68. The zero-order valence-corrected chi connectivity index (χ0v) is 26.7. The lowest BCUT2D eigenvalue weighted by atomic mass is 9.86. The highest BCUT2D eigenvalue weighted by Gasteiger charge is 2.81. The van der Waals surface area contributed by atoms with Crippen molar-refractivity contribution in [2.45, 2.75) is 84.0 Å². The fourth-order valence-electron chi connectivity index (χ4n) is 5.10. The van der Waals surface area contributed by atoms with Crippen LogP contribution in [0.2, 0.25) is 0 Å². The van der Waals surface area contributed by atoms with Crippen molar-refractivity contribution in [2.24, 2.45) is 0 Å². The summed E-state index contributed by atoms with van der Waals surface area (Å²) >= 11 is 1.99. The molecule has 0 amide bonds. The molecule has 2 heterocycles. The third-order valence-corrected chi connectivity index (χ3v) is 9.72. The summed E-state index contributed by atoms with van der Waals surface area (Å²) in [5, 5.41) is 0.545. The lowest BCUT2D eigenvalue weighted by Gasteiger charge is -2.25. The maximum Gasteiger partial charge on any atom is 0.380 e. The largest absolute Gasteiger partial charge is 0.380 e. The van der Waals surface area contributed by atoms with Crippen molar-refractivity contribution in [2.75, 3.05) is 0 Å². The average molecular weight is 635 g/mol. The van der Waals surface area contributed by atoms with Gasteiger partial charge in [-0.1, -0.05) is 77.9 Å². The third kappa shape index (κ3) is 5.04. The second-order valence-electron chi connectivity index (χ2n) is 13.0. The summed E-state index contributed by atoms with van der Waals surface area (Å²) in [4.78, 5) is 8.88. The predicted molar refractivity (Wildman–Crippen MR) is 164 cm³/mol. The number of thiazole rings is 2. The molecule has 4 aromatic rings. The lowest BCUT2D eigenvalue weighted by molar-refractivity contribution is -0.254. The number of aromatic nitrogens is 2. The van der Waals surface area contributed by atoms with E-state index >= 15 is 26.3 Å². The van der Waals surface area contributed by atoms with Gasteiger partial charge >= 0.3 is 17.8 Å². The molecular weight excluding hydrogens is 602 g/mol. The molecule has 0 aliphatic heterocycles. The Morgan fingerprint density at radius 1 is 0.581 bits per heavy atom. The van der Waals surface area contributed by atoms with Gasteiger partial charge in [0.1, 0.15) is 10.0 Å². The zero-order chi connectivity index (χ0) is 31.9. The molecule has 0 N–H and O–H groups in total. The Bertz CT molecular complexity index is 1620. The second-order valence-corrected chi connectivity index (χ2v) is 15.4. The van der Waals surface area contributed by atoms with Crippen molar-refractivity contribution in [1.29, 1.82) is 0 Å². The Hall–Kier alpha value is -2.98. The minimum atomic E-state index is -5.69. The Kier molecular flexibility index (Phi) is 7.33. The summed E-state index contributed by atoms with van der Waals surface area (Å²) in [5.74, 6) is -16.1. The molecule has 2 aromatic heterocycles. The van der Waals surface area contributed by atoms with Gasteiger partial charge in [-0.15, -0.1) is 22.7 Å². The standard InChI is InChI=1S/C33H32F6N2S2/c1-17-25(40-27(42-17)19-11-9-13-21(15-19)29(3,4)5)23-24(32(36,37)33(38,39)31(23,34)35)26-18(2)43-28(41-26)20-12-10-14-22(16-20)30(6,7)8/h9-16H,1-8H3. The lowest BCUT2D eigenvalue weighted by Crippen LogP contribution is -2.49. The second kappa shape index (κ2) is 10.0. The van der Waals surface area contributed by atoms with Crippen molar-refractivity contribution in [3.8, 4) is 21.1 Å². The van der Waals surface area contributed by atoms with Crippen LogP contribution in [0.1, 0.15) is 73.8 Å². The van der Waals surface area contributed by atoms with E-state index in [9.17, 15) is 0 Å². The highest BCUT2D eigenvalue weighted by molar-refractivity contribution is 7.15. The average Bonchev–Trinajstić information content (AvgIpc) is 3.50. The molecule has 0 atom stereocenters. The monoisotopic (exact) mass is 634 g/mol. The number of hydrogen-bond donors (Lipinski definition) is 0. The molecule has 0 unspecified atom stereocenters. The van der Waals surface area contributed by atoms with Crippen LogP contribution in [0.4, 0.5) is 26.3 Å². The molecular formula is C33H32F6N2S2. The van der Waals surface area contributed by atoms with Gasteiger partial charge in [-0.05, 0) is 47.9 Å². The molecule has 2 nitrogen and oxygen atoms in total. The number of aryl methyl sites for hydroxylation is 2. The summed E-state index contributed by atoms with van der Waals surface area (Å²) in [6.45, 7) is 14.9. The van der Waals surface area contributed by atoms with Gasteiger partial charge in [-0.2, -0.15) is 26.3 Å². The summed E-state index contributed by atoms with van der Waals surface area (Å²) in [7, 11) is 0. The number of allylic oxidation sites excluding steroid dienone is 2. The molecule has 10 heteroatoms. The molecule has 0 bridgehead atoms. The van der Waals surface area contributed by atoms with Gasteiger partial charge in [0, 0.05) is 20.9 Å². The fraction of sp³-hybridized carbons (Fsp3) is 0.394. The van der Waals surface area contributed by atoms with E-state index in [-0.39, 0.29) is 30.6 Å². The molecule has 5 rings (SSSR count). The van der Waals surface area contributed by atoms with Crippen LogP contribution < -0.4 is 0 Å². The van der Waals surface area contributed by atoms with Crippen molar-refractivity contribution in [1.82, 2.24) is 9.97 Å². The summed E-state index contributed by atoms with van der Waals surface area (Å²) in [6.07, 6.45) is 0. The molecule has 0 saturated carbocycles. The van der Waals surface area contributed by atoms with Crippen molar-refractivity contribution in [3.63, 3.8) is 0 Å². The number of benzene rings is 2. The van der Waals surface area contributed by atoms with Gasteiger partial charge in [-0.25, -0.2) is 9.97 Å². The Morgan fingerprint density at radius 2 is 0.930 bits per heavy atom. The molecule has 228 valence electrons. The van der Waals surface area contributed by atoms with Gasteiger partial charge in [0.25, 0.3) is 0 Å². The highest BCUT2D eigenvalue weighted by atomic mass is 32.1. The summed E-state index contributed by atoms with van der Waals surface area (Å²) in [6, 6.07) is 14.5. The smallest absolute Gasteiger partial charge is 0.236 e. The minimum absolute atomic E-state index is 0.128. The van der Waals surface area contributed by atoms with E-state index in [1.54, 1.807) is 24.3 Å². The Balaban J connectivity index is 1.73. The molecule has 2 aromatic carbocycles. The summed E-state index contributed by atoms with van der Waals surface area (Å²) in [5.41, 5.74) is -1.47. The Morgan fingerprint density at radius 3 is 1.26 bits per heavy atom. The first-order valence-corrected chi connectivity index (χ1v) is 15.4. The quantitative estimate of drug-likeness (QED) is 0.209. The van der Waals surface area contributed by atoms with Crippen LogP contribution >= 0.6 is 22.7 Å². The van der Waals surface area contributed by atoms with Crippen LogP contribution in [-0.4, -0.2) is 27.7 Å². The molecule has 43 heavy (non-hydrogen) atoms. The topological polar surface area (TPSA) is 25.8 Å². The Labute approximate surface area is 255 Å². The SMILES string of the molecule is Cc1sc(-c2cccc(C(C)(C)C)c2)nc1C1=C(c2nc(-c3cccc(C(C)(C)C)c3)sc2C)C(F)(F)C(F)(F)C1(F)F. The zero-order valence-electron chi connectivity index (χ0n) is 25.1. The van der Waals surface area contributed by atoms with Crippen molar-refractivity contribution in [3.05, 3.63) is 80.8 Å². The minimum Gasteiger partial charge on any atom is -0.236 e. The van der Waals surface area contributed by atoms with E-state index in [2.05, 4.69) is 9.97 Å². The van der Waals surface area contributed by atoms with Crippen molar-refractivity contribution >= 4 is 33.8 Å². The van der Waals surface area contributed by atoms with Gasteiger partial charge in [0.2, 0.25) is 0 Å². The predicted octanol–water partition coefficient (Wildman–Crippen LogP) is 11.0. The van der Waals surface area contributed by atoms with E-state index < -0.39 is 40.3 Å². The van der Waals surface area contributed by atoms with E-state index in [1.165, 1.54) is 13.8 Å². The fourth-order valence-corrected chi connectivity index (χ4v) is 6.93. The maximum atomic E-state index is 15.6. The number of hydrogen-bond acceptors (Lipinski definition) is 4. The molecule has 0 saturated heterocycles. The van der Waals surface area contributed by atoms with Crippen LogP contribution in [0.15, 0.2) is 48.5 Å². The number of halogens is 6. The first-order valence-electron chi connectivity index (χ1n) is 13.7. The van der Waals surface area contributed by atoms with E-state index in [1.807, 2.05) is 65.8 Å². The van der Waals surface area contributed by atoms with E-state index in [0.717, 1.165) is 33.8 Å². The van der Waals surface area contributed by atoms with Crippen molar-refractivity contribution < 1.29 is 26.3 Å². The molecule has 0 fully saturated rings. The van der Waals surface area contributed by atoms with E-state index in [4.69, 9.17) is 0 Å². The van der Waals surface area contributed by atoms with Gasteiger partial charge in [0.05, 0.1) is 22.5 Å². The van der Waals surface area contributed by atoms with Crippen LogP contribution in [0.5, 0.6) is 0 Å². The number of alkyl halides is 6. The molecule has 0 spiro atoms. The van der Waals surface area contributed by atoms with Crippen LogP contribution in [-0.2, 0) is 10.8 Å². The maximum absolute atomic E-state index is 15.6. The van der Waals surface area contributed by atoms with Gasteiger partial charge in [-0.3, -0.25) is 0 Å². The van der Waals surface area contributed by atoms with Gasteiger partial charge in [0.15, 0.2) is 0 Å². The van der Waals surface area contributed by atoms with Crippen LogP contribution in [0, 0.1) is 13.8 Å². The summed E-state index contributed by atoms with van der Waals surface area (Å²) < 4.78 is 92.6. The molecule has 1 aliphatic rings. The normalized spacial score (nSPS) is 18.0. The van der Waals surface area contributed by atoms with Crippen LogP contribution in [0.25, 0.3) is 32.3 Å². The molecule has 1 aliphatic carbocycles. The highest BCUT2D eigenvalue weighted by Crippen LogP contribution is 2.65.